The average Bonchev–Trinajstić information content (AvgIpc) is 2.48. The lowest BCUT2D eigenvalue weighted by Crippen LogP contribution is -2.14. The van der Waals surface area contributed by atoms with Gasteiger partial charge in [-0.1, -0.05) is 5.16 Å². The van der Waals surface area contributed by atoms with E-state index in [9.17, 15) is 0 Å². The summed E-state index contributed by atoms with van der Waals surface area (Å²) in [5.41, 5.74) is 5.81. The van der Waals surface area contributed by atoms with Crippen molar-refractivity contribution in [2.45, 2.75) is 0 Å². The largest absolute Gasteiger partial charge is 0.497 e. The molecule has 1 heterocycles. The molecule has 0 aliphatic heterocycles. The van der Waals surface area contributed by atoms with Crippen LogP contribution in [0, 0.1) is 0 Å². The number of halogens is 1. The molecule has 0 amide bonds. The van der Waals surface area contributed by atoms with Crippen LogP contribution in [0.2, 0.25) is 0 Å². The predicted molar refractivity (Wildman–Crippen MR) is 77.5 cm³/mol. The fraction of sp³-hybridized carbons (Fsp3) is 0.0769. The topological polar surface area (TPSA) is 90.0 Å². The van der Waals surface area contributed by atoms with Gasteiger partial charge in [0.25, 0.3) is 0 Å². The standard InChI is InChI=1S/C13H12BrN3O3/c1-19-8-2-3-12(10(14)6-8)20-9-4-5-16-11(7-9)13(15)17-18/h2-7,18H,1H3,(H2,15,17). The lowest BCUT2D eigenvalue weighted by molar-refractivity contribution is 0.318. The molecule has 0 aliphatic carbocycles. The van der Waals surface area contributed by atoms with E-state index in [-0.39, 0.29) is 5.84 Å². The van der Waals surface area contributed by atoms with Gasteiger partial charge in [-0.2, -0.15) is 0 Å². The number of pyridine rings is 1. The van der Waals surface area contributed by atoms with Crippen molar-refractivity contribution in [2.75, 3.05) is 7.11 Å². The van der Waals surface area contributed by atoms with Crippen molar-refractivity contribution in [3.8, 4) is 17.2 Å². The van der Waals surface area contributed by atoms with Crippen molar-refractivity contribution in [1.29, 1.82) is 0 Å². The Morgan fingerprint density at radius 2 is 2.10 bits per heavy atom. The molecule has 0 saturated heterocycles. The Balaban J connectivity index is 2.26. The zero-order chi connectivity index (χ0) is 14.5. The monoisotopic (exact) mass is 337 g/mol. The summed E-state index contributed by atoms with van der Waals surface area (Å²) in [7, 11) is 1.59. The van der Waals surface area contributed by atoms with Gasteiger partial charge in [0.2, 0.25) is 0 Å². The first-order valence-electron chi connectivity index (χ1n) is 5.59. The Kier molecular flexibility index (Phi) is 4.41. The summed E-state index contributed by atoms with van der Waals surface area (Å²) in [6.45, 7) is 0. The molecule has 2 aromatic rings. The maximum atomic E-state index is 8.63. The van der Waals surface area contributed by atoms with Crippen LogP contribution in [0.15, 0.2) is 46.2 Å². The fourth-order valence-corrected chi connectivity index (χ4v) is 1.92. The van der Waals surface area contributed by atoms with Crippen LogP contribution in [-0.2, 0) is 0 Å². The van der Waals surface area contributed by atoms with Gasteiger partial charge in [0.15, 0.2) is 5.84 Å². The van der Waals surface area contributed by atoms with Gasteiger partial charge in [0.1, 0.15) is 22.9 Å². The Morgan fingerprint density at radius 1 is 1.30 bits per heavy atom. The molecular formula is C13H12BrN3O3. The first kappa shape index (κ1) is 14.1. The van der Waals surface area contributed by atoms with Crippen molar-refractivity contribution in [2.24, 2.45) is 10.9 Å². The number of benzene rings is 1. The molecule has 0 radical (unpaired) electrons. The van der Waals surface area contributed by atoms with E-state index in [1.165, 1.54) is 6.20 Å². The zero-order valence-corrected chi connectivity index (χ0v) is 12.2. The van der Waals surface area contributed by atoms with Crippen LogP contribution >= 0.6 is 15.9 Å². The van der Waals surface area contributed by atoms with Gasteiger partial charge in [-0.3, -0.25) is 4.98 Å². The molecule has 6 nitrogen and oxygen atoms in total. The van der Waals surface area contributed by atoms with Crippen LogP contribution in [0.1, 0.15) is 5.69 Å². The quantitative estimate of drug-likeness (QED) is 0.387. The second-order valence-corrected chi connectivity index (χ2v) is 4.61. The van der Waals surface area contributed by atoms with Crippen molar-refractivity contribution >= 4 is 21.8 Å². The minimum atomic E-state index is -0.0794. The van der Waals surface area contributed by atoms with Gasteiger partial charge in [-0.05, 0) is 40.2 Å². The van der Waals surface area contributed by atoms with Crippen LogP contribution in [0.25, 0.3) is 0 Å². The molecule has 0 bridgehead atoms. The summed E-state index contributed by atoms with van der Waals surface area (Å²) in [6.07, 6.45) is 1.51. The molecule has 20 heavy (non-hydrogen) atoms. The predicted octanol–water partition coefficient (Wildman–Crippen LogP) is 2.74. The summed E-state index contributed by atoms with van der Waals surface area (Å²) >= 11 is 3.40. The SMILES string of the molecule is COc1ccc(Oc2ccnc(/C(N)=N/O)c2)c(Br)c1. The Morgan fingerprint density at radius 3 is 2.75 bits per heavy atom. The number of nitrogens with two attached hydrogens (primary N) is 1. The van der Waals surface area contributed by atoms with E-state index in [0.29, 0.717) is 17.2 Å². The summed E-state index contributed by atoms with van der Waals surface area (Å²) in [6, 6.07) is 8.59. The van der Waals surface area contributed by atoms with E-state index in [1.54, 1.807) is 37.4 Å². The average molecular weight is 338 g/mol. The number of hydrogen-bond acceptors (Lipinski definition) is 5. The zero-order valence-electron chi connectivity index (χ0n) is 10.6. The number of ether oxygens (including phenoxy) is 2. The number of nitrogens with zero attached hydrogens (tertiary/aromatic N) is 2. The van der Waals surface area contributed by atoms with Crippen LogP contribution in [0.4, 0.5) is 0 Å². The Labute approximate surface area is 124 Å². The van der Waals surface area contributed by atoms with Crippen LogP contribution < -0.4 is 15.2 Å². The van der Waals surface area contributed by atoms with Crippen molar-refractivity contribution in [3.63, 3.8) is 0 Å². The molecular weight excluding hydrogens is 326 g/mol. The number of methoxy groups -OCH3 is 1. The van der Waals surface area contributed by atoms with E-state index in [4.69, 9.17) is 20.4 Å². The Bertz CT molecular complexity index is 647. The maximum absolute atomic E-state index is 8.63. The molecule has 0 spiro atoms. The van der Waals surface area contributed by atoms with Gasteiger partial charge in [-0.15, -0.1) is 0 Å². The van der Waals surface area contributed by atoms with Crippen molar-refractivity contribution in [1.82, 2.24) is 4.98 Å². The Hall–Kier alpha value is -2.28. The molecule has 1 aromatic heterocycles. The molecule has 7 heteroatoms. The van der Waals surface area contributed by atoms with Crippen LogP contribution in [-0.4, -0.2) is 23.1 Å². The molecule has 104 valence electrons. The molecule has 0 aliphatic rings. The fourth-order valence-electron chi connectivity index (χ4n) is 1.48. The van der Waals surface area contributed by atoms with Crippen molar-refractivity contribution in [3.05, 3.63) is 46.7 Å². The van der Waals surface area contributed by atoms with E-state index < -0.39 is 0 Å². The highest BCUT2D eigenvalue weighted by molar-refractivity contribution is 9.10. The molecule has 0 fully saturated rings. The lowest BCUT2D eigenvalue weighted by atomic mass is 10.3. The smallest absolute Gasteiger partial charge is 0.188 e. The van der Waals surface area contributed by atoms with Gasteiger partial charge >= 0.3 is 0 Å². The van der Waals surface area contributed by atoms with E-state index in [0.717, 1.165) is 10.2 Å². The number of oxime groups is 1. The van der Waals surface area contributed by atoms with Gasteiger partial charge < -0.3 is 20.4 Å². The number of aromatic nitrogens is 1. The third-order valence-corrected chi connectivity index (χ3v) is 3.09. The summed E-state index contributed by atoms with van der Waals surface area (Å²) in [5, 5.41) is 11.5. The molecule has 1 aromatic carbocycles. The third kappa shape index (κ3) is 3.18. The van der Waals surface area contributed by atoms with Crippen LogP contribution in [0.5, 0.6) is 17.2 Å². The highest BCUT2D eigenvalue weighted by Crippen LogP contribution is 2.32. The number of rotatable bonds is 4. The first-order chi connectivity index (χ1) is 9.63. The normalized spacial score (nSPS) is 11.2. The van der Waals surface area contributed by atoms with E-state index in [1.807, 2.05) is 0 Å². The van der Waals surface area contributed by atoms with Gasteiger partial charge in [-0.25, -0.2) is 0 Å². The minimum absolute atomic E-state index is 0.0794. The minimum Gasteiger partial charge on any atom is -0.497 e. The highest BCUT2D eigenvalue weighted by Gasteiger charge is 2.07. The summed E-state index contributed by atoms with van der Waals surface area (Å²) in [4.78, 5) is 3.97. The second-order valence-electron chi connectivity index (χ2n) is 3.76. The molecule has 0 atom stereocenters. The molecule has 0 saturated carbocycles. The molecule has 2 rings (SSSR count). The van der Waals surface area contributed by atoms with Crippen LogP contribution in [0.3, 0.4) is 0 Å². The van der Waals surface area contributed by atoms with Crippen molar-refractivity contribution < 1.29 is 14.7 Å². The first-order valence-corrected chi connectivity index (χ1v) is 6.38. The van der Waals surface area contributed by atoms with Gasteiger partial charge in [0, 0.05) is 12.3 Å². The highest BCUT2D eigenvalue weighted by atomic mass is 79.9. The maximum Gasteiger partial charge on any atom is 0.188 e. The number of amidine groups is 1. The van der Waals surface area contributed by atoms with E-state index >= 15 is 0 Å². The lowest BCUT2D eigenvalue weighted by Gasteiger charge is -2.09. The van der Waals surface area contributed by atoms with Gasteiger partial charge in [0.05, 0.1) is 11.6 Å². The summed E-state index contributed by atoms with van der Waals surface area (Å²) in [5.74, 6) is 1.77. The summed E-state index contributed by atoms with van der Waals surface area (Å²) < 4.78 is 11.6. The molecule has 3 N–H and O–H groups in total. The number of hydrogen-bond donors (Lipinski definition) is 2. The van der Waals surface area contributed by atoms with E-state index in [2.05, 4.69) is 26.1 Å². The third-order valence-electron chi connectivity index (χ3n) is 2.47. The molecule has 0 unspecified atom stereocenters. The second kappa shape index (κ2) is 6.25.